The van der Waals surface area contributed by atoms with Gasteiger partial charge >= 0.3 is 0 Å². The van der Waals surface area contributed by atoms with Crippen molar-refractivity contribution in [1.29, 1.82) is 0 Å². The summed E-state index contributed by atoms with van der Waals surface area (Å²) >= 11 is 6.17. The van der Waals surface area contributed by atoms with Crippen LogP contribution in [0.15, 0.2) is 30.3 Å². The van der Waals surface area contributed by atoms with Crippen LogP contribution in [0, 0.1) is 17.8 Å². The number of aromatic nitrogens is 2. The molecule has 4 rings (SSSR count). The van der Waals surface area contributed by atoms with Gasteiger partial charge < -0.3 is 26.4 Å². The number of nitrogens with zero attached hydrogens (tertiary/aromatic N) is 2. The summed E-state index contributed by atoms with van der Waals surface area (Å²) in [6.07, 6.45) is -0.249. The molecule has 0 spiro atoms. The molecule has 0 bridgehead atoms. The van der Waals surface area contributed by atoms with Crippen LogP contribution in [0.3, 0.4) is 0 Å². The lowest BCUT2D eigenvalue weighted by atomic mass is 10.0. The van der Waals surface area contributed by atoms with E-state index in [1.807, 2.05) is 30.3 Å². The van der Waals surface area contributed by atoms with Gasteiger partial charge in [0.25, 0.3) is 0 Å². The van der Waals surface area contributed by atoms with E-state index in [-0.39, 0.29) is 34.8 Å². The molecule has 2 fully saturated rings. The summed E-state index contributed by atoms with van der Waals surface area (Å²) in [5, 5.41) is 34.1. The van der Waals surface area contributed by atoms with Crippen LogP contribution in [0.1, 0.15) is 24.0 Å². The van der Waals surface area contributed by atoms with Crippen LogP contribution in [-0.2, 0) is 0 Å². The Morgan fingerprint density at radius 2 is 1.92 bits per heavy atom. The Kier molecular flexibility index (Phi) is 3.82. The highest BCUT2D eigenvalue weighted by Crippen LogP contribution is 2.60. The lowest BCUT2D eigenvalue weighted by molar-refractivity contribution is -0.0852. The van der Waals surface area contributed by atoms with Crippen molar-refractivity contribution >= 4 is 23.4 Å². The molecule has 2 aliphatic rings. The summed E-state index contributed by atoms with van der Waals surface area (Å²) in [6.45, 7) is 0. The number of hydrogen-bond donors (Lipinski definition) is 5. The summed E-state index contributed by atoms with van der Waals surface area (Å²) in [5.74, 6) is 5.49. The summed E-state index contributed by atoms with van der Waals surface area (Å²) in [6, 6.07) is 9.27. The zero-order valence-corrected chi connectivity index (χ0v) is 14.4. The molecular formula is C18H17ClN4O3. The standard InChI is InChI=1S/C18H17ClN4O3/c19-14-11(7-6-10-4-2-1-3-5-10)15(22-16(20)21-14)23-17(25)9-8-12-13(24)18(12,17)26/h1-5,12-13,24-26H,8-9H2,(H3,20,21,22,23). The maximum Gasteiger partial charge on any atom is 0.223 e. The zero-order valence-electron chi connectivity index (χ0n) is 13.6. The third-order valence-corrected chi connectivity index (χ3v) is 5.35. The van der Waals surface area contributed by atoms with Gasteiger partial charge in [-0.25, -0.2) is 0 Å². The van der Waals surface area contributed by atoms with Crippen molar-refractivity contribution in [3.63, 3.8) is 0 Å². The van der Waals surface area contributed by atoms with E-state index in [4.69, 9.17) is 17.3 Å². The van der Waals surface area contributed by atoms with Crippen LogP contribution in [0.4, 0.5) is 11.8 Å². The van der Waals surface area contributed by atoms with Crippen LogP contribution in [0.25, 0.3) is 0 Å². The molecule has 26 heavy (non-hydrogen) atoms. The maximum absolute atomic E-state index is 10.9. The third-order valence-electron chi connectivity index (χ3n) is 5.08. The minimum atomic E-state index is -1.75. The number of nitrogens with one attached hydrogen (secondary N) is 1. The summed E-state index contributed by atoms with van der Waals surface area (Å²) in [5.41, 5.74) is 3.32. The minimum Gasteiger partial charge on any atom is -0.390 e. The van der Waals surface area contributed by atoms with E-state index in [0.29, 0.717) is 6.42 Å². The Hall–Kier alpha value is -2.37. The molecule has 2 aromatic rings. The zero-order chi connectivity index (χ0) is 18.5. The number of hydrogen-bond acceptors (Lipinski definition) is 7. The van der Waals surface area contributed by atoms with Gasteiger partial charge in [-0.2, -0.15) is 9.97 Å². The summed E-state index contributed by atoms with van der Waals surface area (Å²) < 4.78 is 0. The first-order valence-corrected chi connectivity index (χ1v) is 8.54. The van der Waals surface area contributed by atoms with Crippen LogP contribution < -0.4 is 11.1 Å². The minimum absolute atomic E-state index is 0.0323. The van der Waals surface area contributed by atoms with Crippen molar-refractivity contribution in [3.05, 3.63) is 46.6 Å². The van der Waals surface area contributed by atoms with Crippen LogP contribution in [-0.4, -0.2) is 42.7 Å². The Labute approximate surface area is 154 Å². The van der Waals surface area contributed by atoms with Gasteiger partial charge in [0, 0.05) is 11.5 Å². The highest BCUT2D eigenvalue weighted by atomic mass is 35.5. The molecule has 2 saturated carbocycles. The molecule has 0 radical (unpaired) electrons. The number of aliphatic hydroxyl groups is 3. The topological polar surface area (TPSA) is 125 Å². The molecule has 0 amide bonds. The van der Waals surface area contributed by atoms with Crippen LogP contribution >= 0.6 is 11.6 Å². The van der Waals surface area contributed by atoms with Crippen molar-refractivity contribution in [2.75, 3.05) is 11.1 Å². The number of nitrogen functional groups attached to an aromatic ring is 1. The average molecular weight is 373 g/mol. The number of halogens is 1. The average Bonchev–Trinajstić information content (AvgIpc) is 3.02. The second-order valence-corrected chi connectivity index (χ2v) is 6.97. The lowest BCUT2D eigenvalue weighted by Crippen LogP contribution is -2.51. The fourth-order valence-corrected chi connectivity index (χ4v) is 3.81. The second-order valence-electron chi connectivity index (χ2n) is 6.61. The molecule has 8 heteroatoms. The van der Waals surface area contributed by atoms with E-state index in [1.54, 1.807) is 0 Å². The van der Waals surface area contributed by atoms with Gasteiger partial charge in [0.2, 0.25) is 5.95 Å². The first kappa shape index (κ1) is 17.1. The predicted molar refractivity (Wildman–Crippen MR) is 96.1 cm³/mol. The van der Waals surface area contributed by atoms with Gasteiger partial charge in [0.1, 0.15) is 11.2 Å². The van der Waals surface area contributed by atoms with E-state index < -0.39 is 17.4 Å². The van der Waals surface area contributed by atoms with Crippen molar-refractivity contribution < 1.29 is 15.3 Å². The van der Waals surface area contributed by atoms with E-state index >= 15 is 0 Å². The summed E-state index contributed by atoms with van der Waals surface area (Å²) in [7, 11) is 0. The quantitative estimate of drug-likeness (QED) is 0.299. The Morgan fingerprint density at radius 1 is 1.19 bits per heavy atom. The first-order valence-electron chi connectivity index (χ1n) is 8.16. The number of rotatable bonds is 2. The van der Waals surface area contributed by atoms with Crippen molar-refractivity contribution in [2.45, 2.75) is 30.3 Å². The maximum atomic E-state index is 10.9. The van der Waals surface area contributed by atoms with Gasteiger partial charge in [-0.05, 0) is 25.0 Å². The monoisotopic (exact) mass is 372 g/mol. The SMILES string of the molecule is Nc1nc(Cl)c(C#Cc2ccccc2)c(NC2(O)CCC3C(O)C32O)n1. The predicted octanol–water partition coefficient (Wildman–Crippen LogP) is 0.728. The highest BCUT2D eigenvalue weighted by Gasteiger charge is 2.78. The van der Waals surface area contributed by atoms with Gasteiger partial charge in [-0.15, -0.1) is 0 Å². The molecule has 0 aliphatic heterocycles. The number of anilines is 2. The lowest BCUT2D eigenvalue weighted by Gasteiger charge is -2.32. The Balaban J connectivity index is 1.72. The van der Waals surface area contributed by atoms with E-state index in [1.165, 1.54) is 0 Å². The van der Waals surface area contributed by atoms with Crippen molar-refractivity contribution in [1.82, 2.24) is 9.97 Å². The van der Waals surface area contributed by atoms with Gasteiger partial charge in [0.05, 0.1) is 6.10 Å². The number of benzene rings is 1. The summed E-state index contributed by atoms with van der Waals surface area (Å²) in [4.78, 5) is 7.98. The molecule has 4 unspecified atom stereocenters. The van der Waals surface area contributed by atoms with Gasteiger partial charge in [0.15, 0.2) is 16.7 Å². The first-order chi connectivity index (χ1) is 12.3. The van der Waals surface area contributed by atoms with Crippen LogP contribution in [0.5, 0.6) is 0 Å². The largest absolute Gasteiger partial charge is 0.390 e. The van der Waals surface area contributed by atoms with Crippen molar-refractivity contribution in [3.8, 4) is 11.8 Å². The normalized spacial score (nSPS) is 31.7. The van der Waals surface area contributed by atoms with Gasteiger partial charge in [-0.1, -0.05) is 41.6 Å². The molecule has 0 saturated heterocycles. The fraction of sp³-hybridized carbons (Fsp3) is 0.333. The van der Waals surface area contributed by atoms with Crippen molar-refractivity contribution in [2.24, 2.45) is 5.92 Å². The molecule has 2 aliphatic carbocycles. The van der Waals surface area contributed by atoms with Crippen LogP contribution in [0.2, 0.25) is 5.15 Å². The molecular weight excluding hydrogens is 356 g/mol. The molecule has 1 heterocycles. The molecule has 1 aromatic carbocycles. The number of aliphatic hydroxyl groups excluding tert-OH is 1. The van der Waals surface area contributed by atoms with E-state index in [9.17, 15) is 15.3 Å². The van der Waals surface area contributed by atoms with Gasteiger partial charge in [-0.3, -0.25) is 0 Å². The third kappa shape index (κ3) is 2.50. The molecule has 134 valence electrons. The Bertz CT molecular complexity index is 929. The molecule has 1 aromatic heterocycles. The van der Waals surface area contributed by atoms with E-state index in [2.05, 4.69) is 27.1 Å². The highest BCUT2D eigenvalue weighted by molar-refractivity contribution is 6.31. The number of fused-ring (bicyclic) bond motifs is 1. The number of nitrogens with two attached hydrogens (primary N) is 1. The fourth-order valence-electron chi connectivity index (χ4n) is 3.58. The Morgan fingerprint density at radius 3 is 2.58 bits per heavy atom. The van der Waals surface area contributed by atoms with E-state index in [0.717, 1.165) is 5.56 Å². The second kappa shape index (κ2) is 5.83. The molecule has 4 atom stereocenters. The molecule has 7 nitrogen and oxygen atoms in total. The molecule has 6 N–H and O–H groups in total. The smallest absolute Gasteiger partial charge is 0.223 e.